The lowest BCUT2D eigenvalue weighted by molar-refractivity contribution is 0.0954. The molecule has 0 radical (unpaired) electrons. The molecule has 0 saturated carbocycles. The lowest BCUT2D eigenvalue weighted by Crippen LogP contribution is -2.17. The molecular formula is C22H16I4N2O3. The third-order valence-corrected chi connectivity index (χ3v) is 7.32. The van der Waals surface area contributed by atoms with Crippen LogP contribution >= 0.6 is 90.4 Å². The van der Waals surface area contributed by atoms with Crippen LogP contribution in [-0.2, 0) is 6.61 Å². The molecule has 0 aliphatic heterocycles. The molecule has 0 aliphatic carbocycles. The summed E-state index contributed by atoms with van der Waals surface area (Å²) in [5.41, 5.74) is 5.03. The van der Waals surface area contributed by atoms with Gasteiger partial charge < -0.3 is 9.47 Å². The van der Waals surface area contributed by atoms with Crippen molar-refractivity contribution in [3.8, 4) is 11.5 Å². The molecule has 0 fully saturated rings. The van der Waals surface area contributed by atoms with Crippen LogP contribution in [0.3, 0.4) is 0 Å². The SMILES string of the molecule is COc1cc(C(=O)N/N=C\c2cc(I)c(OCc3ccc(I)cc3)c(I)c2)ccc1I. The average Bonchev–Trinajstić information content (AvgIpc) is 2.74. The second kappa shape index (κ2) is 12.0. The predicted molar refractivity (Wildman–Crippen MR) is 156 cm³/mol. The Morgan fingerprint density at radius 1 is 0.968 bits per heavy atom. The van der Waals surface area contributed by atoms with E-state index in [0.717, 1.165) is 27.6 Å². The Morgan fingerprint density at radius 2 is 1.65 bits per heavy atom. The minimum atomic E-state index is -0.298. The summed E-state index contributed by atoms with van der Waals surface area (Å²) in [5, 5.41) is 4.09. The van der Waals surface area contributed by atoms with Crippen LogP contribution in [0.25, 0.3) is 0 Å². The molecule has 0 saturated heterocycles. The van der Waals surface area contributed by atoms with Crippen LogP contribution in [0, 0.1) is 14.3 Å². The summed E-state index contributed by atoms with van der Waals surface area (Å²) >= 11 is 8.94. The number of methoxy groups -OCH3 is 1. The van der Waals surface area contributed by atoms with E-state index in [0.29, 0.717) is 17.9 Å². The molecule has 0 heterocycles. The van der Waals surface area contributed by atoms with E-state index in [-0.39, 0.29) is 5.91 Å². The van der Waals surface area contributed by atoms with Crippen molar-refractivity contribution in [2.45, 2.75) is 6.61 Å². The summed E-state index contributed by atoms with van der Waals surface area (Å²) < 4.78 is 15.4. The number of hydrazone groups is 1. The topological polar surface area (TPSA) is 59.9 Å². The van der Waals surface area contributed by atoms with Crippen molar-refractivity contribution in [2.24, 2.45) is 5.10 Å². The number of halogens is 4. The monoisotopic (exact) mass is 864 g/mol. The third kappa shape index (κ3) is 7.15. The predicted octanol–water partition coefficient (Wildman–Crippen LogP) is 6.46. The maximum Gasteiger partial charge on any atom is 0.271 e. The van der Waals surface area contributed by atoms with Gasteiger partial charge >= 0.3 is 0 Å². The fraction of sp³-hybridized carbons (Fsp3) is 0.0909. The first-order valence-electron chi connectivity index (χ1n) is 8.90. The van der Waals surface area contributed by atoms with Gasteiger partial charge in [-0.3, -0.25) is 4.79 Å². The quantitative estimate of drug-likeness (QED) is 0.169. The first-order valence-corrected chi connectivity index (χ1v) is 13.2. The maximum absolute atomic E-state index is 12.3. The molecule has 3 rings (SSSR count). The molecule has 9 heteroatoms. The average molecular weight is 864 g/mol. The fourth-order valence-electron chi connectivity index (χ4n) is 2.56. The Bertz CT molecular complexity index is 1100. The van der Waals surface area contributed by atoms with E-state index in [9.17, 15) is 4.79 Å². The number of carbonyl (C=O) groups is 1. The number of carbonyl (C=O) groups excluding carboxylic acids is 1. The molecule has 160 valence electrons. The molecule has 0 aromatic heterocycles. The van der Waals surface area contributed by atoms with Gasteiger partial charge in [0.1, 0.15) is 18.1 Å². The smallest absolute Gasteiger partial charge is 0.271 e. The fourth-order valence-corrected chi connectivity index (χ4v) is 5.60. The van der Waals surface area contributed by atoms with Gasteiger partial charge in [0.25, 0.3) is 5.91 Å². The number of hydrogen-bond donors (Lipinski definition) is 1. The van der Waals surface area contributed by atoms with Gasteiger partial charge in [0.15, 0.2) is 0 Å². The Hall–Kier alpha value is -0.680. The number of rotatable bonds is 7. The van der Waals surface area contributed by atoms with Gasteiger partial charge in [0, 0.05) is 9.13 Å². The van der Waals surface area contributed by atoms with Gasteiger partial charge in [-0.1, -0.05) is 12.1 Å². The van der Waals surface area contributed by atoms with E-state index in [1.807, 2.05) is 18.2 Å². The number of nitrogens with zero attached hydrogens (tertiary/aromatic N) is 1. The molecule has 5 nitrogen and oxygen atoms in total. The number of benzene rings is 3. The summed E-state index contributed by atoms with van der Waals surface area (Å²) in [6.07, 6.45) is 1.62. The van der Waals surface area contributed by atoms with E-state index >= 15 is 0 Å². The van der Waals surface area contributed by atoms with Crippen LogP contribution in [0.5, 0.6) is 11.5 Å². The van der Waals surface area contributed by atoms with Gasteiger partial charge in [-0.25, -0.2) is 5.43 Å². The number of hydrogen-bond acceptors (Lipinski definition) is 4. The molecule has 3 aromatic rings. The summed E-state index contributed by atoms with van der Waals surface area (Å²) in [6, 6.07) is 17.5. The first kappa shape index (κ1) is 25.0. The minimum absolute atomic E-state index is 0.298. The Morgan fingerprint density at radius 3 is 2.29 bits per heavy atom. The maximum atomic E-state index is 12.3. The number of nitrogens with one attached hydrogen (secondary N) is 1. The van der Waals surface area contributed by atoms with Crippen molar-refractivity contribution < 1.29 is 14.3 Å². The van der Waals surface area contributed by atoms with Crippen molar-refractivity contribution in [1.82, 2.24) is 5.43 Å². The van der Waals surface area contributed by atoms with Crippen molar-refractivity contribution >= 4 is 102 Å². The van der Waals surface area contributed by atoms with E-state index in [1.54, 1.807) is 25.5 Å². The Labute approximate surface area is 235 Å². The summed E-state index contributed by atoms with van der Waals surface area (Å²) in [7, 11) is 1.58. The molecule has 3 aromatic carbocycles. The standard InChI is InChI=1S/C22H16I4N2O3/c1-30-20-10-15(4-7-17(20)24)22(29)28-27-11-14-8-18(25)21(19(26)9-14)31-12-13-2-5-16(23)6-3-13/h2-11H,12H2,1H3,(H,28,29)/b27-11-. The van der Waals surface area contributed by atoms with E-state index < -0.39 is 0 Å². The Kier molecular flexibility index (Phi) is 9.64. The third-order valence-electron chi connectivity index (χ3n) is 4.11. The summed E-state index contributed by atoms with van der Waals surface area (Å²) in [4.78, 5) is 12.3. The van der Waals surface area contributed by atoms with Crippen LogP contribution in [0.1, 0.15) is 21.5 Å². The van der Waals surface area contributed by atoms with Crippen molar-refractivity contribution in [3.05, 3.63) is 85.6 Å². The van der Waals surface area contributed by atoms with Gasteiger partial charge in [0.05, 0.1) is 24.0 Å². The van der Waals surface area contributed by atoms with E-state index in [4.69, 9.17) is 9.47 Å². The molecule has 0 spiro atoms. The Balaban J connectivity index is 1.64. The molecule has 1 amide bonds. The molecule has 0 atom stereocenters. The highest BCUT2D eigenvalue weighted by molar-refractivity contribution is 14.1. The van der Waals surface area contributed by atoms with Crippen molar-refractivity contribution in [1.29, 1.82) is 0 Å². The minimum Gasteiger partial charge on any atom is -0.496 e. The molecule has 31 heavy (non-hydrogen) atoms. The van der Waals surface area contributed by atoms with Gasteiger partial charge in [-0.15, -0.1) is 0 Å². The van der Waals surface area contributed by atoms with E-state index in [1.165, 1.54) is 3.57 Å². The molecule has 0 bridgehead atoms. The number of ether oxygens (including phenoxy) is 2. The molecule has 0 aliphatic rings. The van der Waals surface area contributed by atoms with Crippen molar-refractivity contribution in [3.63, 3.8) is 0 Å². The summed E-state index contributed by atoms with van der Waals surface area (Å²) in [6.45, 7) is 0.506. The zero-order valence-corrected chi connectivity index (χ0v) is 24.8. The molecular weight excluding hydrogens is 848 g/mol. The van der Waals surface area contributed by atoms with Crippen LogP contribution in [-0.4, -0.2) is 19.2 Å². The lowest BCUT2D eigenvalue weighted by Gasteiger charge is -2.11. The van der Waals surface area contributed by atoms with Crippen LogP contribution in [0.15, 0.2) is 59.7 Å². The van der Waals surface area contributed by atoms with Crippen LogP contribution < -0.4 is 14.9 Å². The highest BCUT2D eigenvalue weighted by Crippen LogP contribution is 2.29. The normalized spacial score (nSPS) is 10.9. The molecule has 1 N–H and O–H groups in total. The van der Waals surface area contributed by atoms with Gasteiger partial charge in [-0.2, -0.15) is 5.10 Å². The number of amides is 1. The first-order chi connectivity index (χ1) is 14.9. The largest absolute Gasteiger partial charge is 0.496 e. The summed E-state index contributed by atoms with van der Waals surface area (Å²) in [5.74, 6) is 1.20. The van der Waals surface area contributed by atoms with Gasteiger partial charge in [-0.05, 0) is 144 Å². The zero-order chi connectivity index (χ0) is 22.4. The lowest BCUT2D eigenvalue weighted by atomic mass is 10.2. The van der Waals surface area contributed by atoms with Gasteiger partial charge in [0.2, 0.25) is 0 Å². The highest BCUT2D eigenvalue weighted by Gasteiger charge is 2.10. The zero-order valence-electron chi connectivity index (χ0n) is 16.2. The molecule has 0 unspecified atom stereocenters. The van der Waals surface area contributed by atoms with Crippen molar-refractivity contribution in [2.75, 3.05) is 7.11 Å². The van der Waals surface area contributed by atoms with Crippen LogP contribution in [0.4, 0.5) is 0 Å². The second-order valence-corrected chi connectivity index (χ2v) is 11.0. The van der Waals surface area contributed by atoms with Crippen LogP contribution in [0.2, 0.25) is 0 Å². The van der Waals surface area contributed by atoms with E-state index in [2.05, 4.69) is 125 Å². The highest BCUT2D eigenvalue weighted by atomic mass is 127. The second-order valence-electron chi connectivity index (χ2n) is 6.28.